The molecular formula is C24H21N5O4S. The van der Waals surface area contributed by atoms with Crippen molar-refractivity contribution in [1.29, 1.82) is 0 Å². The summed E-state index contributed by atoms with van der Waals surface area (Å²) < 4.78 is 18.3. The summed E-state index contributed by atoms with van der Waals surface area (Å²) in [6.07, 6.45) is 0. The summed E-state index contributed by atoms with van der Waals surface area (Å²) in [5, 5.41) is 16.8. The van der Waals surface area contributed by atoms with Crippen LogP contribution in [0.4, 0.5) is 5.69 Å². The van der Waals surface area contributed by atoms with Crippen LogP contribution in [-0.4, -0.2) is 45.6 Å². The van der Waals surface area contributed by atoms with Crippen LogP contribution in [0.25, 0.3) is 27.6 Å². The molecule has 1 amide bonds. The number of benzene rings is 3. The quantitative estimate of drug-likeness (QED) is 0.338. The molecule has 0 aliphatic heterocycles. The Hall–Kier alpha value is -4.05. The fraction of sp³-hybridized carbons (Fsp3) is 0.167. The van der Waals surface area contributed by atoms with Crippen molar-refractivity contribution in [3.05, 3.63) is 60.7 Å². The topological polar surface area (TPSA) is 104 Å². The number of thioether (sulfide) groups is 1. The highest BCUT2D eigenvalue weighted by atomic mass is 32.2. The molecule has 0 bridgehead atoms. The normalized spacial score (nSPS) is 12.1. The molecule has 10 heteroatoms. The molecule has 5 aromatic rings. The van der Waals surface area contributed by atoms with Gasteiger partial charge in [-0.2, -0.15) is 4.68 Å². The molecule has 2 aromatic heterocycles. The van der Waals surface area contributed by atoms with Gasteiger partial charge < -0.3 is 19.2 Å². The molecule has 172 valence electrons. The summed E-state index contributed by atoms with van der Waals surface area (Å²) in [5.74, 6) is 1.06. The maximum Gasteiger partial charge on any atom is 0.237 e. The van der Waals surface area contributed by atoms with Gasteiger partial charge in [0.05, 0.1) is 30.8 Å². The molecule has 1 atom stereocenters. The lowest BCUT2D eigenvalue weighted by Crippen LogP contribution is -2.23. The SMILES string of the molecule is COc1ccc(-n2nnnc2SC(C)C(=O)Nc2cc3oc4ccccc4c3cc2OC)cc1. The third-order valence-electron chi connectivity index (χ3n) is 5.37. The van der Waals surface area contributed by atoms with Crippen LogP contribution in [-0.2, 0) is 4.79 Å². The van der Waals surface area contributed by atoms with Crippen LogP contribution in [0.15, 0.2) is 70.2 Å². The smallest absolute Gasteiger partial charge is 0.237 e. The Labute approximate surface area is 199 Å². The van der Waals surface area contributed by atoms with E-state index >= 15 is 0 Å². The average molecular weight is 476 g/mol. The van der Waals surface area contributed by atoms with E-state index in [1.54, 1.807) is 31.9 Å². The van der Waals surface area contributed by atoms with Crippen LogP contribution in [0.2, 0.25) is 0 Å². The predicted molar refractivity (Wildman–Crippen MR) is 130 cm³/mol. The molecule has 1 unspecified atom stereocenters. The Morgan fingerprint density at radius 1 is 1.03 bits per heavy atom. The van der Waals surface area contributed by atoms with Crippen LogP contribution in [0.3, 0.4) is 0 Å². The first-order valence-electron chi connectivity index (χ1n) is 10.5. The molecule has 0 saturated carbocycles. The van der Waals surface area contributed by atoms with Crippen molar-refractivity contribution in [2.75, 3.05) is 19.5 Å². The van der Waals surface area contributed by atoms with Crippen molar-refractivity contribution in [1.82, 2.24) is 20.2 Å². The van der Waals surface area contributed by atoms with Crippen LogP contribution >= 0.6 is 11.8 Å². The highest BCUT2D eigenvalue weighted by molar-refractivity contribution is 8.00. The van der Waals surface area contributed by atoms with Crippen molar-refractivity contribution in [2.24, 2.45) is 0 Å². The second kappa shape index (κ2) is 9.06. The van der Waals surface area contributed by atoms with E-state index in [2.05, 4.69) is 20.8 Å². The Bertz CT molecular complexity index is 1480. The lowest BCUT2D eigenvalue weighted by Gasteiger charge is -2.14. The number of nitrogens with zero attached hydrogens (tertiary/aromatic N) is 4. The number of hydrogen-bond donors (Lipinski definition) is 1. The fourth-order valence-electron chi connectivity index (χ4n) is 3.60. The van der Waals surface area contributed by atoms with Crippen LogP contribution in [0.1, 0.15) is 6.92 Å². The third kappa shape index (κ3) is 4.03. The minimum absolute atomic E-state index is 0.219. The second-order valence-corrected chi connectivity index (χ2v) is 8.78. The second-order valence-electron chi connectivity index (χ2n) is 7.47. The maximum atomic E-state index is 13.0. The molecule has 9 nitrogen and oxygen atoms in total. The van der Waals surface area contributed by atoms with E-state index in [1.807, 2.05) is 54.6 Å². The largest absolute Gasteiger partial charge is 0.497 e. The summed E-state index contributed by atoms with van der Waals surface area (Å²) in [6, 6.07) is 18.8. The number of anilines is 1. The number of rotatable bonds is 7. The van der Waals surface area contributed by atoms with Gasteiger partial charge in [0.2, 0.25) is 11.1 Å². The van der Waals surface area contributed by atoms with Gasteiger partial charge in [-0.05, 0) is 53.7 Å². The van der Waals surface area contributed by atoms with E-state index in [4.69, 9.17) is 13.9 Å². The van der Waals surface area contributed by atoms with Gasteiger partial charge >= 0.3 is 0 Å². The first kappa shape index (κ1) is 21.8. The van der Waals surface area contributed by atoms with Gasteiger partial charge in [-0.15, -0.1) is 5.10 Å². The zero-order valence-corrected chi connectivity index (χ0v) is 19.5. The molecule has 0 radical (unpaired) electrons. The van der Waals surface area contributed by atoms with Gasteiger partial charge in [0.1, 0.15) is 22.7 Å². The Morgan fingerprint density at radius 2 is 1.82 bits per heavy atom. The highest BCUT2D eigenvalue weighted by Gasteiger charge is 2.21. The number of carbonyl (C=O) groups is 1. The van der Waals surface area contributed by atoms with Crippen molar-refractivity contribution in [2.45, 2.75) is 17.3 Å². The maximum absolute atomic E-state index is 13.0. The van der Waals surface area contributed by atoms with Crippen LogP contribution in [0.5, 0.6) is 11.5 Å². The molecular weight excluding hydrogens is 454 g/mol. The van der Waals surface area contributed by atoms with Crippen LogP contribution < -0.4 is 14.8 Å². The van der Waals surface area contributed by atoms with E-state index in [1.165, 1.54) is 11.8 Å². The summed E-state index contributed by atoms with van der Waals surface area (Å²) in [5.41, 5.74) is 2.73. The van der Waals surface area contributed by atoms with E-state index in [0.717, 1.165) is 27.8 Å². The minimum Gasteiger partial charge on any atom is -0.497 e. The number of methoxy groups -OCH3 is 2. The number of nitrogens with one attached hydrogen (secondary N) is 1. The van der Waals surface area contributed by atoms with E-state index < -0.39 is 5.25 Å². The standard InChI is InChI=1S/C24H21N5O4S/c1-14(34-24-26-27-28-29(24)15-8-10-16(31-2)11-9-15)23(30)25-19-13-21-18(12-22(19)32-3)17-6-4-5-7-20(17)33-21/h4-14H,1-3H3,(H,25,30). The lowest BCUT2D eigenvalue weighted by atomic mass is 10.1. The number of aromatic nitrogens is 4. The number of fused-ring (bicyclic) bond motifs is 3. The van der Waals surface area contributed by atoms with E-state index in [9.17, 15) is 4.79 Å². The van der Waals surface area contributed by atoms with Gasteiger partial charge in [-0.25, -0.2) is 0 Å². The van der Waals surface area contributed by atoms with Gasteiger partial charge in [0, 0.05) is 16.8 Å². The molecule has 0 saturated heterocycles. The first-order chi connectivity index (χ1) is 16.6. The average Bonchev–Trinajstić information content (AvgIpc) is 3.47. The molecule has 34 heavy (non-hydrogen) atoms. The van der Waals surface area contributed by atoms with Crippen molar-refractivity contribution in [3.8, 4) is 17.2 Å². The Kier molecular flexibility index (Phi) is 5.81. The number of ether oxygens (including phenoxy) is 2. The molecule has 1 N–H and O–H groups in total. The fourth-order valence-corrected chi connectivity index (χ4v) is 4.41. The first-order valence-corrected chi connectivity index (χ1v) is 11.3. The number of carbonyl (C=O) groups excluding carboxylic acids is 1. The molecule has 2 heterocycles. The van der Waals surface area contributed by atoms with Gasteiger partial charge in [-0.1, -0.05) is 30.0 Å². The Morgan fingerprint density at radius 3 is 2.59 bits per heavy atom. The highest BCUT2D eigenvalue weighted by Crippen LogP contribution is 2.36. The van der Waals surface area contributed by atoms with Crippen molar-refractivity contribution >= 4 is 45.3 Å². The third-order valence-corrected chi connectivity index (χ3v) is 6.40. The lowest BCUT2D eigenvalue weighted by molar-refractivity contribution is -0.115. The summed E-state index contributed by atoms with van der Waals surface area (Å²) in [6.45, 7) is 1.79. The molecule has 0 spiro atoms. The zero-order chi connectivity index (χ0) is 23.7. The van der Waals surface area contributed by atoms with Gasteiger partial charge in [0.15, 0.2) is 0 Å². The summed E-state index contributed by atoms with van der Waals surface area (Å²) in [4.78, 5) is 13.0. The number of amides is 1. The van der Waals surface area contributed by atoms with Crippen LogP contribution in [0, 0.1) is 0 Å². The number of tetrazole rings is 1. The molecule has 5 rings (SSSR count). The Balaban J connectivity index is 1.36. The molecule has 0 aliphatic rings. The van der Waals surface area contributed by atoms with Gasteiger partial charge in [-0.3, -0.25) is 4.79 Å². The van der Waals surface area contributed by atoms with E-state index in [0.29, 0.717) is 22.2 Å². The summed E-state index contributed by atoms with van der Waals surface area (Å²) >= 11 is 1.25. The van der Waals surface area contributed by atoms with E-state index in [-0.39, 0.29) is 5.91 Å². The predicted octanol–water partition coefficient (Wildman–Crippen LogP) is 4.70. The van der Waals surface area contributed by atoms with Crippen molar-refractivity contribution < 1.29 is 18.7 Å². The monoisotopic (exact) mass is 475 g/mol. The number of para-hydroxylation sites is 1. The molecule has 3 aromatic carbocycles. The van der Waals surface area contributed by atoms with Gasteiger partial charge in [0.25, 0.3) is 0 Å². The minimum atomic E-state index is -0.487. The number of furan rings is 1. The molecule has 0 fully saturated rings. The summed E-state index contributed by atoms with van der Waals surface area (Å²) in [7, 11) is 3.18. The van der Waals surface area contributed by atoms with Crippen molar-refractivity contribution in [3.63, 3.8) is 0 Å². The zero-order valence-electron chi connectivity index (χ0n) is 18.7. The number of hydrogen-bond acceptors (Lipinski definition) is 8. The molecule has 0 aliphatic carbocycles.